The van der Waals surface area contributed by atoms with E-state index in [1.54, 1.807) is 12.1 Å². The molecule has 0 atom stereocenters. The SMILES string of the molecule is COC(=O)Cc1ccc(S(=O)(=O)c2ccc(Cl)cc2)cc1. The molecule has 21 heavy (non-hydrogen) atoms. The summed E-state index contributed by atoms with van der Waals surface area (Å²) < 4.78 is 29.4. The second-order valence-electron chi connectivity index (χ2n) is 4.35. The van der Waals surface area contributed by atoms with Gasteiger partial charge in [0.1, 0.15) is 0 Å². The Morgan fingerprint density at radius 3 is 1.95 bits per heavy atom. The minimum atomic E-state index is -3.58. The van der Waals surface area contributed by atoms with E-state index in [9.17, 15) is 13.2 Å². The van der Waals surface area contributed by atoms with Crippen LogP contribution in [0.15, 0.2) is 58.3 Å². The maximum Gasteiger partial charge on any atom is 0.309 e. The van der Waals surface area contributed by atoms with Crippen molar-refractivity contribution in [3.63, 3.8) is 0 Å². The molecule has 0 heterocycles. The molecule has 0 aliphatic carbocycles. The Balaban J connectivity index is 2.29. The Bertz CT molecular complexity index is 734. The van der Waals surface area contributed by atoms with E-state index in [1.165, 1.54) is 43.5 Å². The molecule has 2 aromatic carbocycles. The van der Waals surface area contributed by atoms with Crippen LogP contribution in [0.5, 0.6) is 0 Å². The molecular weight excluding hydrogens is 312 g/mol. The molecule has 0 radical (unpaired) electrons. The first kappa shape index (κ1) is 15.5. The molecule has 0 unspecified atom stereocenters. The molecule has 4 nitrogen and oxygen atoms in total. The van der Waals surface area contributed by atoms with Gasteiger partial charge in [-0.2, -0.15) is 0 Å². The topological polar surface area (TPSA) is 60.4 Å². The molecule has 0 amide bonds. The number of halogens is 1. The summed E-state index contributed by atoms with van der Waals surface area (Å²) in [7, 11) is -2.27. The van der Waals surface area contributed by atoms with Gasteiger partial charge >= 0.3 is 5.97 Å². The molecule has 2 rings (SSSR count). The highest BCUT2D eigenvalue weighted by atomic mass is 35.5. The smallest absolute Gasteiger partial charge is 0.309 e. The van der Waals surface area contributed by atoms with Crippen molar-refractivity contribution in [3.8, 4) is 0 Å². The van der Waals surface area contributed by atoms with Crippen LogP contribution in [-0.2, 0) is 25.8 Å². The lowest BCUT2D eigenvalue weighted by atomic mass is 10.2. The summed E-state index contributed by atoms with van der Waals surface area (Å²) in [4.78, 5) is 11.5. The summed E-state index contributed by atoms with van der Waals surface area (Å²) in [6.45, 7) is 0. The van der Waals surface area contributed by atoms with Crippen molar-refractivity contribution in [2.75, 3.05) is 7.11 Å². The molecule has 0 aliphatic heterocycles. The Hall–Kier alpha value is -1.85. The van der Waals surface area contributed by atoms with Gasteiger partial charge in [-0.1, -0.05) is 23.7 Å². The third kappa shape index (κ3) is 3.62. The quantitative estimate of drug-likeness (QED) is 0.811. The first-order chi connectivity index (χ1) is 9.93. The van der Waals surface area contributed by atoms with Gasteiger partial charge < -0.3 is 4.74 Å². The normalized spacial score (nSPS) is 11.1. The van der Waals surface area contributed by atoms with Crippen LogP contribution in [-0.4, -0.2) is 21.5 Å². The number of methoxy groups -OCH3 is 1. The van der Waals surface area contributed by atoms with E-state index in [0.29, 0.717) is 10.6 Å². The molecule has 0 bridgehead atoms. The van der Waals surface area contributed by atoms with Crippen molar-refractivity contribution >= 4 is 27.4 Å². The Morgan fingerprint density at radius 1 is 1.00 bits per heavy atom. The van der Waals surface area contributed by atoms with Gasteiger partial charge in [0.2, 0.25) is 9.84 Å². The lowest BCUT2D eigenvalue weighted by Gasteiger charge is -2.06. The summed E-state index contributed by atoms with van der Waals surface area (Å²) >= 11 is 5.75. The Labute approximate surface area is 128 Å². The van der Waals surface area contributed by atoms with Crippen molar-refractivity contribution in [1.29, 1.82) is 0 Å². The number of sulfone groups is 1. The van der Waals surface area contributed by atoms with E-state index < -0.39 is 9.84 Å². The molecule has 2 aromatic rings. The first-order valence-electron chi connectivity index (χ1n) is 6.10. The third-order valence-electron chi connectivity index (χ3n) is 2.93. The number of rotatable bonds is 4. The van der Waals surface area contributed by atoms with Crippen molar-refractivity contribution in [1.82, 2.24) is 0 Å². The minimum absolute atomic E-state index is 0.109. The molecule has 0 saturated carbocycles. The van der Waals surface area contributed by atoms with Crippen molar-refractivity contribution in [2.45, 2.75) is 16.2 Å². The fourth-order valence-electron chi connectivity index (χ4n) is 1.78. The molecule has 0 N–H and O–H groups in total. The van der Waals surface area contributed by atoms with Gasteiger partial charge in [-0.15, -0.1) is 0 Å². The maximum absolute atomic E-state index is 12.4. The van der Waals surface area contributed by atoms with Crippen LogP contribution in [0.4, 0.5) is 0 Å². The molecule has 0 fully saturated rings. The van der Waals surface area contributed by atoms with E-state index in [4.69, 9.17) is 11.6 Å². The lowest BCUT2D eigenvalue weighted by molar-refractivity contribution is -0.139. The zero-order valence-electron chi connectivity index (χ0n) is 11.2. The average molecular weight is 325 g/mol. The predicted octanol–water partition coefficient (Wildman–Crippen LogP) is 2.89. The Morgan fingerprint density at radius 2 is 1.48 bits per heavy atom. The summed E-state index contributed by atoms with van der Waals surface area (Å²) in [5.41, 5.74) is 0.692. The molecular formula is C15H13ClO4S. The van der Waals surface area contributed by atoms with Crippen molar-refractivity contribution < 1.29 is 17.9 Å². The van der Waals surface area contributed by atoms with Gasteiger partial charge in [0.15, 0.2) is 0 Å². The van der Waals surface area contributed by atoms with Gasteiger partial charge in [-0.05, 0) is 42.0 Å². The van der Waals surface area contributed by atoms with E-state index in [-0.39, 0.29) is 22.2 Å². The largest absolute Gasteiger partial charge is 0.469 e. The van der Waals surface area contributed by atoms with E-state index >= 15 is 0 Å². The molecule has 0 aromatic heterocycles. The molecule has 110 valence electrons. The minimum Gasteiger partial charge on any atom is -0.469 e. The third-order valence-corrected chi connectivity index (χ3v) is 4.97. The number of hydrogen-bond donors (Lipinski definition) is 0. The highest BCUT2D eigenvalue weighted by Gasteiger charge is 2.17. The predicted molar refractivity (Wildman–Crippen MR) is 79.1 cm³/mol. The maximum atomic E-state index is 12.4. The molecule has 0 spiro atoms. The summed E-state index contributed by atoms with van der Waals surface area (Å²) in [6, 6.07) is 12.1. The molecule has 0 saturated heterocycles. The standard InChI is InChI=1S/C15H13ClO4S/c1-20-15(17)10-11-2-6-13(7-3-11)21(18,19)14-8-4-12(16)5-9-14/h2-9H,10H2,1H3. The van der Waals surface area contributed by atoms with Crippen LogP contribution < -0.4 is 0 Å². The molecule has 0 aliphatic rings. The van der Waals surface area contributed by atoms with Crippen LogP contribution in [0.1, 0.15) is 5.56 Å². The van der Waals surface area contributed by atoms with Gasteiger partial charge in [-0.25, -0.2) is 8.42 Å². The number of carbonyl (C=O) groups is 1. The summed E-state index contributed by atoms with van der Waals surface area (Å²) in [5.74, 6) is -0.372. The second-order valence-corrected chi connectivity index (χ2v) is 6.74. The van der Waals surface area contributed by atoms with Crippen LogP contribution >= 0.6 is 11.6 Å². The summed E-state index contributed by atoms with van der Waals surface area (Å²) in [5, 5.41) is 0.474. The monoisotopic (exact) mass is 324 g/mol. The van der Waals surface area contributed by atoms with Gasteiger partial charge in [0.05, 0.1) is 23.3 Å². The number of benzene rings is 2. The summed E-state index contributed by atoms with van der Waals surface area (Å²) in [6.07, 6.45) is 0.109. The van der Waals surface area contributed by atoms with Crippen LogP contribution in [0.25, 0.3) is 0 Å². The van der Waals surface area contributed by atoms with E-state index in [1.807, 2.05) is 0 Å². The number of ether oxygens (including phenoxy) is 1. The lowest BCUT2D eigenvalue weighted by Crippen LogP contribution is -2.05. The van der Waals surface area contributed by atoms with Crippen LogP contribution in [0.2, 0.25) is 5.02 Å². The number of esters is 1. The van der Waals surface area contributed by atoms with Crippen molar-refractivity contribution in [3.05, 3.63) is 59.1 Å². The highest BCUT2D eigenvalue weighted by molar-refractivity contribution is 7.91. The fraction of sp³-hybridized carbons (Fsp3) is 0.133. The van der Waals surface area contributed by atoms with Crippen LogP contribution in [0.3, 0.4) is 0 Å². The zero-order chi connectivity index (χ0) is 15.5. The fourth-order valence-corrected chi connectivity index (χ4v) is 3.16. The number of carbonyl (C=O) groups excluding carboxylic acids is 1. The zero-order valence-corrected chi connectivity index (χ0v) is 12.8. The number of hydrogen-bond acceptors (Lipinski definition) is 4. The van der Waals surface area contributed by atoms with Crippen molar-refractivity contribution in [2.24, 2.45) is 0 Å². The highest BCUT2D eigenvalue weighted by Crippen LogP contribution is 2.22. The first-order valence-corrected chi connectivity index (χ1v) is 7.96. The van der Waals surface area contributed by atoms with Gasteiger partial charge in [-0.3, -0.25) is 4.79 Å². The van der Waals surface area contributed by atoms with E-state index in [2.05, 4.69) is 4.74 Å². The second kappa shape index (κ2) is 6.28. The van der Waals surface area contributed by atoms with Crippen LogP contribution in [0, 0.1) is 0 Å². The van der Waals surface area contributed by atoms with E-state index in [0.717, 1.165) is 0 Å². The Kier molecular flexibility index (Phi) is 4.65. The molecule has 6 heteroatoms. The van der Waals surface area contributed by atoms with Gasteiger partial charge in [0.25, 0.3) is 0 Å². The van der Waals surface area contributed by atoms with Gasteiger partial charge in [0, 0.05) is 5.02 Å². The average Bonchev–Trinajstić information content (AvgIpc) is 2.48.